The van der Waals surface area contributed by atoms with Crippen LogP contribution in [-0.4, -0.2) is 26.0 Å². The van der Waals surface area contributed by atoms with Gasteiger partial charge in [0, 0.05) is 10.5 Å². The Morgan fingerprint density at radius 1 is 1.37 bits per heavy atom. The summed E-state index contributed by atoms with van der Waals surface area (Å²) in [7, 11) is -2.80. The van der Waals surface area contributed by atoms with E-state index < -0.39 is 9.84 Å². The van der Waals surface area contributed by atoms with Crippen LogP contribution in [0.15, 0.2) is 28.7 Å². The van der Waals surface area contributed by atoms with Crippen molar-refractivity contribution >= 4 is 25.8 Å². The summed E-state index contributed by atoms with van der Waals surface area (Å²) < 4.78 is 24.0. The minimum atomic E-state index is -2.80. The minimum Gasteiger partial charge on any atom is -0.271 e. The minimum absolute atomic E-state index is 0.125. The van der Waals surface area contributed by atoms with E-state index in [0.717, 1.165) is 23.7 Å². The lowest BCUT2D eigenvalue weighted by molar-refractivity contribution is 0.408. The first-order valence-electron chi connectivity index (χ1n) is 6.39. The summed E-state index contributed by atoms with van der Waals surface area (Å²) in [5, 5.41) is 0. The lowest BCUT2D eigenvalue weighted by Gasteiger charge is -2.19. The van der Waals surface area contributed by atoms with E-state index in [1.54, 1.807) is 0 Å². The van der Waals surface area contributed by atoms with E-state index in [2.05, 4.69) is 33.5 Å². The maximum atomic E-state index is 11.4. The first kappa shape index (κ1) is 15.0. The van der Waals surface area contributed by atoms with Gasteiger partial charge in [0.2, 0.25) is 0 Å². The fourth-order valence-corrected chi connectivity index (χ4v) is 4.72. The Labute approximate surface area is 122 Å². The molecule has 1 aliphatic rings. The maximum absolute atomic E-state index is 11.4. The molecule has 0 radical (unpaired) electrons. The van der Waals surface area contributed by atoms with Gasteiger partial charge in [0.1, 0.15) is 0 Å². The largest absolute Gasteiger partial charge is 0.271 e. The van der Waals surface area contributed by atoms with Crippen LogP contribution in [-0.2, 0) is 16.3 Å². The van der Waals surface area contributed by atoms with Gasteiger partial charge in [-0.25, -0.2) is 8.42 Å². The predicted molar refractivity (Wildman–Crippen MR) is 80.3 cm³/mol. The number of hydrogen-bond donors (Lipinski definition) is 2. The molecule has 1 fully saturated rings. The number of hydrogen-bond acceptors (Lipinski definition) is 4. The second kappa shape index (κ2) is 6.35. The first-order valence-corrected chi connectivity index (χ1v) is 9.01. The smallest absolute Gasteiger partial charge is 0.150 e. The van der Waals surface area contributed by atoms with Crippen LogP contribution in [0.4, 0.5) is 0 Å². The fourth-order valence-electron chi connectivity index (χ4n) is 2.58. The second-order valence-corrected chi connectivity index (χ2v) is 8.34. The summed E-state index contributed by atoms with van der Waals surface area (Å²) in [6.45, 7) is 0. The molecular formula is C13H19BrN2O2S. The van der Waals surface area contributed by atoms with Crippen LogP contribution in [0.1, 0.15) is 18.4 Å². The van der Waals surface area contributed by atoms with E-state index in [1.165, 1.54) is 5.56 Å². The van der Waals surface area contributed by atoms with Gasteiger partial charge in [-0.2, -0.15) is 0 Å². The predicted octanol–water partition coefficient (Wildman–Crippen LogP) is 1.65. The zero-order valence-corrected chi connectivity index (χ0v) is 13.1. The third kappa shape index (κ3) is 4.56. The molecule has 1 aliphatic heterocycles. The molecule has 1 heterocycles. The molecule has 19 heavy (non-hydrogen) atoms. The van der Waals surface area contributed by atoms with Gasteiger partial charge < -0.3 is 0 Å². The fraction of sp³-hybridized carbons (Fsp3) is 0.538. The highest BCUT2D eigenvalue weighted by Gasteiger charge is 2.29. The Morgan fingerprint density at radius 3 is 2.58 bits per heavy atom. The monoisotopic (exact) mass is 346 g/mol. The summed E-state index contributed by atoms with van der Waals surface area (Å²) in [5.41, 5.74) is 4.01. The summed E-state index contributed by atoms with van der Waals surface area (Å²) in [5.74, 6) is 6.46. The van der Waals surface area contributed by atoms with E-state index in [0.29, 0.717) is 11.5 Å². The summed E-state index contributed by atoms with van der Waals surface area (Å²) in [4.78, 5) is 0. The van der Waals surface area contributed by atoms with Gasteiger partial charge in [-0.1, -0.05) is 28.1 Å². The number of halogens is 1. The van der Waals surface area contributed by atoms with Crippen LogP contribution in [0, 0.1) is 5.92 Å². The van der Waals surface area contributed by atoms with Crippen molar-refractivity contribution in [1.82, 2.24) is 5.43 Å². The molecule has 0 aromatic heterocycles. The molecule has 6 heteroatoms. The van der Waals surface area contributed by atoms with Crippen LogP contribution in [0.5, 0.6) is 0 Å². The third-order valence-corrected chi connectivity index (χ3v) is 5.94. The molecule has 3 N–H and O–H groups in total. The summed E-state index contributed by atoms with van der Waals surface area (Å²) in [6.07, 6.45) is 2.40. The van der Waals surface area contributed by atoms with Crippen molar-refractivity contribution in [2.75, 3.05) is 11.5 Å². The van der Waals surface area contributed by atoms with Gasteiger partial charge in [0.15, 0.2) is 9.84 Å². The summed E-state index contributed by atoms with van der Waals surface area (Å²) in [6, 6.07) is 8.24. The zero-order chi connectivity index (χ0) is 13.9. The molecule has 4 nitrogen and oxygen atoms in total. The van der Waals surface area contributed by atoms with Crippen LogP contribution in [0.25, 0.3) is 0 Å². The van der Waals surface area contributed by atoms with Crippen LogP contribution < -0.4 is 11.3 Å². The first-order chi connectivity index (χ1) is 8.98. The highest BCUT2D eigenvalue weighted by Crippen LogP contribution is 2.24. The van der Waals surface area contributed by atoms with E-state index in [1.807, 2.05) is 12.1 Å². The van der Waals surface area contributed by atoms with Crippen molar-refractivity contribution in [1.29, 1.82) is 0 Å². The lowest BCUT2D eigenvalue weighted by atomic mass is 9.95. The topological polar surface area (TPSA) is 72.2 Å². The van der Waals surface area contributed by atoms with Crippen LogP contribution in [0.3, 0.4) is 0 Å². The Balaban J connectivity index is 1.92. The second-order valence-electron chi connectivity index (χ2n) is 5.20. The summed E-state index contributed by atoms with van der Waals surface area (Å²) >= 11 is 3.41. The quantitative estimate of drug-likeness (QED) is 0.628. The molecule has 2 atom stereocenters. The molecular weight excluding hydrogens is 328 g/mol. The molecule has 0 saturated carbocycles. The lowest BCUT2D eigenvalue weighted by Crippen LogP contribution is -2.38. The third-order valence-electron chi connectivity index (χ3n) is 3.58. The van der Waals surface area contributed by atoms with Gasteiger partial charge in [0.25, 0.3) is 0 Å². The van der Waals surface area contributed by atoms with Crippen LogP contribution >= 0.6 is 15.9 Å². The van der Waals surface area contributed by atoms with Crippen molar-refractivity contribution in [3.63, 3.8) is 0 Å². The van der Waals surface area contributed by atoms with Gasteiger partial charge in [-0.3, -0.25) is 11.3 Å². The van der Waals surface area contributed by atoms with Crippen molar-refractivity contribution in [3.05, 3.63) is 34.3 Å². The molecule has 2 unspecified atom stereocenters. The molecule has 0 bridgehead atoms. The molecule has 0 spiro atoms. The van der Waals surface area contributed by atoms with E-state index in [4.69, 9.17) is 5.84 Å². The Kier molecular flexibility index (Phi) is 5.00. The molecule has 2 rings (SSSR count). The van der Waals surface area contributed by atoms with Crippen molar-refractivity contribution in [3.8, 4) is 0 Å². The Hall–Kier alpha value is -0.430. The molecule has 106 valence electrons. The van der Waals surface area contributed by atoms with Crippen molar-refractivity contribution < 1.29 is 8.42 Å². The number of benzene rings is 1. The normalized spacial score (nSPS) is 23.4. The van der Waals surface area contributed by atoms with E-state index in [-0.39, 0.29) is 12.0 Å². The van der Waals surface area contributed by atoms with Gasteiger partial charge >= 0.3 is 0 Å². The van der Waals surface area contributed by atoms with E-state index in [9.17, 15) is 8.42 Å². The van der Waals surface area contributed by atoms with Crippen LogP contribution in [0.2, 0.25) is 0 Å². The Bertz CT molecular complexity index is 516. The average molecular weight is 347 g/mol. The zero-order valence-electron chi connectivity index (χ0n) is 10.7. The van der Waals surface area contributed by atoms with Crippen molar-refractivity contribution in [2.45, 2.75) is 25.3 Å². The Morgan fingerprint density at radius 2 is 2.05 bits per heavy atom. The number of sulfone groups is 1. The number of hydrazine groups is 1. The number of nitrogens with one attached hydrogen (secondary N) is 1. The maximum Gasteiger partial charge on any atom is 0.150 e. The molecule has 1 saturated heterocycles. The molecule has 0 aliphatic carbocycles. The number of rotatable bonds is 5. The highest BCUT2D eigenvalue weighted by atomic mass is 79.9. The molecule has 1 aromatic rings. The van der Waals surface area contributed by atoms with Gasteiger partial charge in [-0.05, 0) is 42.9 Å². The average Bonchev–Trinajstić information content (AvgIpc) is 2.70. The number of nitrogens with two attached hydrogens (primary N) is 1. The van der Waals surface area contributed by atoms with Crippen molar-refractivity contribution in [2.24, 2.45) is 11.8 Å². The molecule has 0 amide bonds. The van der Waals surface area contributed by atoms with Gasteiger partial charge in [0.05, 0.1) is 11.5 Å². The molecule has 1 aromatic carbocycles. The van der Waals surface area contributed by atoms with E-state index >= 15 is 0 Å². The SMILES string of the molecule is NNC(Cc1ccc(Br)cc1)CC1CCS(=O)(=O)C1. The highest BCUT2D eigenvalue weighted by molar-refractivity contribution is 9.10. The van der Waals surface area contributed by atoms with Gasteiger partial charge in [-0.15, -0.1) is 0 Å². The standard InChI is InChI=1S/C13H19BrN2O2S/c14-12-3-1-10(2-4-12)7-13(16-15)8-11-5-6-19(17,18)9-11/h1-4,11,13,16H,5-9,15H2.